The lowest BCUT2D eigenvalue weighted by Gasteiger charge is -2.39. The molecule has 2 atom stereocenters. The Morgan fingerprint density at radius 2 is 2.12 bits per heavy atom. The highest BCUT2D eigenvalue weighted by atomic mass is 16.6. The fourth-order valence-corrected chi connectivity index (χ4v) is 1.88. The zero-order valence-electron chi connectivity index (χ0n) is 9.81. The first-order chi connectivity index (χ1) is 7.57. The van der Waals surface area contributed by atoms with E-state index >= 15 is 0 Å². The predicted molar refractivity (Wildman–Crippen MR) is 58.2 cm³/mol. The van der Waals surface area contributed by atoms with Crippen molar-refractivity contribution in [3.05, 3.63) is 0 Å². The average Bonchev–Trinajstić information content (AvgIpc) is 2.22. The van der Waals surface area contributed by atoms with Crippen LogP contribution in [0.5, 0.6) is 0 Å². The lowest BCUT2D eigenvalue weighted by Crippen LogP contribution is -2.60. The molecule has 5 nitrogen and oxygen atoms in total. The van der Waals surface area contributed by atoms with Gasteiger partial charge in [0, 0.05) is 6.54 Å². The first-order valence-electron chi connectivity index (χ1n) is 5.78. The summed E-state index contributed by atoms with van der Waals surface area (Å²) >= 11 is 0. The van der Waals surface area contributed by atoms with Crippen molar-refractivity contribution in [2.45, 2.75) is 51.7 Å². The summed E-state index contributed by atoms with van der Waals surface area (Å²) in [5, 5.41) is 9.02. The van der Waals surface area contributed by atoms with Crippen LogP contribution in [-0.4, -0.2) is 40.8 Å². The van der Waals surface area contributed by atoms with E-state index in [1.54, 1.807) is 6.92 Å². The molecule has 0 aliphatic carbocycles. The lowest BCUT2D eigenvalue weighted by molar-refractivity contribution is -0.183. The monoisotopic (exact) mass is 229 g/mol. The molecule has 0 aromatic heterocycles. The van der Waals surface area contributed by atoms with Gasteiger partial charge >= 0.3 is 12.1 Å². The van der Waals surface area contributed by atoms with Crippen LogP contribution in [0.15, 0.2) is 0 Å². The van der Waals surface area contributed by atoms with Crippen LogP contribution < -0.4 is 0 Å². The summed E-state index contributed by atoms with van der Waals surface area (Å²) in [5.41, 5.74) is 0. The lowest BCUT2D eigenvalue weighted by atomic mass is 10.1. The molecule has 1 aliphatic rings. The van der Waals surface area contributed by atoms with Gasteiger partial charge in [-0.2, -0.15) is 0 Å². The Morgan fingerprint density at radius 3 is 2.56 bits per heavy atom. The molecule has 1 heterocycles. The van der Waals surface area contributed by atoms with Crippen LogP contribution >= 0.6 is 0 Å². The average molecular weight is 229 g/mol. The summed E-state index contributed by atoms with van der Waals surface area (Å²) in [5.74, 6) is -0.426. The molecule has 0 aromatic rings. The number of carbonyl (C=O) groups is 2. The van der Waals surface area contributed by atoms with Gasteiger partial charge in [-0.1, -0.05) is 26.2 Å². The second-order valence-electron chi connectivity index (χ2n) is 4.12. The molecule has 92 valence electrons. The van der Waals surface area contributed by atoms with Crippen molar-refractivity contribution in [2.75, 3.05) is 6.54 Å². The standard InChI is InChI=1S/C11H19NO4/c1-3-4-5-6-7-12(11(14)15)9-8(2)16-10(9)13/h8-9H,3-7H2,1-2H3,(H,14,15)/t8-,9+/m0/s1. The number of cyclic esters (lactones) is 1. The largest absolute Gasteiger partial charge is 0.465 e. The maximum absolute atomic E-state index is 11.1. The van der Waals surface area contributed by atoms with E-state index in [0.29, 0.717) is 6.54 Å². The van der Waals surface area contributed by atoms with Crippen LogP contribution in [0.25, 0.3) is 0 Å². The molecule has 0 radical (unpaired) electrons. The second-order valence-corrected chi connectivity index (χ2v) is 4.12. The molecule has 1 fully saturated rings. The van der Waals surface area contributed by atoms with Gasteiger partial charge in [-0.3, -0.25) is 4.90 Å². The van der Waals surface area contributed by atoms with E-state index in [9.17, 15) is 9.59 Å². The summed E-state index contributed by atoms with van der Waals surface area (Å²) in [6, 6.07) is -0.598. The number of hydrogen-bond acceptors (Lipinski definition) is 3. The zero-order valence-corrected chi connectivity index (χ0v) is 9.81. The Kier molecular flexibility index (Phi) is 4.58. The van der Waals surface area contributed by atoms with Crippen LogP contribution in [0.4, 0.5) is 4.79 Å². The highest BCUT2D eigenvalue weighted by molar-refractivity contribution is 5.85. The van der Waals surface area contributed by atoms with E-state index in [0.717, 1.165) is 25.7 Å². The van der Waals surface area contributed by atoms with Crippen LogP contribution in [0.2, 0.25) is 0 Å². The second kappa shape index (κ2) is 5.72. The Bertz CT molecular complexity index is 267. The van der Waals surface area contributed by atoms with E-state index in [1.165, 1.54) is 4.90 Å². The van der Waals surface area contributed by atoms with Crippen molar-refractivity contribution >= 4 is 12.1 Å². The van der Waals surface area contributed by atoms with Crippen LogP contribution in [0.1, 0.15) is 39.5 Å². The van der Waals surface area contributed by atoms with E-state index < -0.39 is 18.1 Å². The Labute approximate surface area is 95.4 Å². The normalized spacial score (nSPS) is 23.5. The van der Waals surface area contributed by atoms with Crippen molar-refractivity contribution in [1.82, 2.24) is 4.90 Å². The van der Waals surface area contributed by atoms with E-state index in [1.807, 2.05) is 0 Å². The van der Waals surface area contributed by atoms with Gasteiger partial charge in [-0.05, 0) is 13.3 Å². The molecule has 1 aliphatic heterocycles. The Hall–Kier alpha value is -1.26. The fraction of sp³-hybridized carbons (Fsp3) is 0.818. The van der Waals surface area contributed by atoms with Gasteiger partial charge < -0.3 is 9.84 Å². The molecule has 1 amide bonds. The molecule has 5 heteroatoms. The highest BCUT2D eigenvalue weighted by Crippen LogP contribution is 2.21. The molecule has 0 saturated carbocycles. The minimum atomic E-state index is -1.04. The summed E-state index contributed by atoms with van der Waals surface area (Å²) in [4.78, 5) is 23.4. The predicted octanol–water partition coefficient (Wildman–Crippen LogP) is 1.86. The third-order valence-electron chi connectivity index (χ3n) is 2.82. The number of rotatable bonds is 6. The number of carboxylic acid groups (broad SMARTS) is 1. The molecule has 16 heavy (non-hydrogen) atoms. The minimum Gasteiger partial charge on any atom is -0.465 e. The highest BCUT2D eigenvalue weighted by Gasteiger charge is 2.45. The van der Waals surface area contributed by atoms with Crippen LogP contribution in [0, 0.1) is 0 Å². The maximum Gasteiger partial charge on any atom is 0.408 e. The smallest absolute Gasteiger partial charge is 0.408 e. The Balaban J connectivity index is 2.42. The minimum absolute atomic E-state index is 0.310. The van der Waals surface area contributed by atoms with Crippen molar-refractivity contribution in [2.24, 2.45) is 0 Å². The Morgan fingerprint density at radius 1 is 1.44 bits per heavy atom. The number of nitrogens with zero attached hydrogens (tertiary/aromatic N) is 1. The van der Waals surface area contributed by atoms with Gasteiger partial charge in [0.25, 0.3) is 0 Å². The molecule has 0 aromatic carbocycles. The molecular formula is C11H19NO4. The summed E-state index contributed by atoms with van der Waals surface area (Å²) in [6.45, 7) is 4.23. The number of esters is 1. The molecule has 0 bridgehead atoms. The van der Waals surface area contributed by atoms with Gasteiger partial charge in [0.2, 0.25) is 0 Å². The van der Waals surface area contributed by atoms with Gasteiger partial charge in [-0.15, -0.1) is 0 Å². The molecule has 1 rings (SSSR count). The molecule has 0 unspecified atom stereocenters. The third-order valence-corrected chi connectivity index (χ3v) is 2.82. The SMILES string of the molecule is CCCCCCN(C(=O)O)[C@H]1C(=O)O[C@H]1C. The van der Waals surface area contributed by atoms with E-state index in [2.05, 4.69) is 6.92 Å². The third kappa shape index (κ3) is 2.87. The quantitative estimate of drug-likeness (QED) is 0.557. The molecule has 1 saturated heterocycles. The fourth-order valence-electron chi connectivity index (χ4n) is 1.88. The summed E-state index contributed by atoms with van der Waals surface area (Å²) < 4.78 is 4.77. The van der Waals surface area contributed by atoms with Gasteiger partial charge in [0.05, 0.1) is 0 Å². The van der Waals surface area contributed by atoms with Crippen molar-refractivity contribution in [1.29, 1.82) is 0 Å². The molecule has 0 spiro atoms. The number of carbonyl (C=O) groups excluding carboxylic acids is 1. The molecular weight excluding hydrogens is 210 g/mol. The molecule has 1 N–H and O–H groups in total. The number of unbranched alkanes of at least 4 members (excludes halogenated alkanes) is 3. The van der Waals surface area contributed by atoms with Crippen LogP contribution in [0.3, 0.4) is 0 Å². The number of hydrogen-bond donors (Lipinski definition) is 1. The number of amides is 1. The van der Waals surface area contributed by atoms with E-state index in [4.69, 9.17) is 9.84 Å². The van der Waals surface area contributed by atoms with Crippen LogP contribution in [-0.2, 0) is 9.53 Å². The van der Waals surface area contributed by atoms with Gasteiger partial charge in [0.15, 0.2) is 6.04 Å². The van der Waals surface area contributed by atoms with Crippen molar-refractivity contribution in [3.8, 4) is 0 Å². The first kappa shape index (κ1) is 12.8. The summed E-state index contributed by atoms with van der Waals surface area (Å²) in [6.07, 6.45) is 2.65. The summed E-state index contributed by atoms with van der Waals surface area (Å²) in [7, 11) is 0. The van der Waals surface area contributed by atoms with Crippen molar-refractivity contribution in [3.63, 3.8) is 0 Å². The van der Waals surface area contributed by atoms with Gasteiger partial charge in [-0.25, -0.2) is 9.59 Å². The van der Waals surface area contributed by atoms with Crippen molar-refractivity contribution < 1.29 is 19.4 Å². The topological polar surface area (TPSA) is 66.8 Å². The maximum atomic E-state index is 11.1. The van der Waals surface area contributed by atoms with Gasteiger partial charge in [0.1, 0.15) is 6.10 Å². The first-order valence-corrected chi connectivity index (χ1v) is 5.78. The zero-order chi connectivity index (χ0) is 12.1. The number of ether oxygens (including phenoxy) is 1. The van der Waals surface area contributed by atoms with E-state index in [-0.39, 0.29) is 6.10 Å².